The second-order valence-corrected chi connectivity index (χ2v) is 3.59. The van der Waals surface area contributed by atoms with Crippen molar-refractivity contribution in [1.29, 1.82) is 0 Å². The summed E-state index contributed by atoms with van der Waals surface area (Å²) in [6.07, 6.45) is -10.0. The summed E-state index contributed by atoms with van der Waals surface area (Å²) in [5.41, 5.74) is 0.130. The molecule has 1 aromatic carbocycles. The molecule has 1 N–H and O–H groups in total. The molecule has 8 heteroatoms. The molecule has 0 fully saturated rings. The lowest BCUT2D eigenvalue weighted by molar-refractivity contribution is -0.391. The lowest BCUT2D eigenvalue weighted by Gasteiger charge is -2.31. The number of aliphatic carboxylic acids is 1. The van der Waals surface area contributed by atoms with Gasteiger partial charge in [0.1, 0.15) is 0 Å². The van der Waals surface area contributed by atoms with Crippen LogP contribution in [0.3, 0.4) is 0 Å². The van der Waals surface area contributed by atoms with Gasteiger partial charge < -0.3 is 14.6 Å². The summed E-state index contributed by atoms with van der Waals surface area (Å²) in [6.45, 7) is 0. The standard InChI is InChI=1S/C10H6F4O4/c11-9(12)10(13,14)18-7-3-5(4-8(15)16)1-2-6(7)17-9/h1-3H,4H2,(H,15,16). The molecule has 1 aliphatic rings. The largest absolute Gasteiger partial charge is 0.507 e. The number of fused-ring (bicyclic) bond motifs is 1. The molecular formula is C10H6F4O4. The molecule has 0 saturated heterocycles. The second-order valence-electron chi connectivity index (χ2n) is 3.59. The molecule has 4 nitrogen and oxygen atoms in total. The Morgan fingerprint density at radius 1 is 1.11 bits per heavy atom. The molecule has 0 atom stereocenters. The summed E-state index contributed by atoms with van der Waals surface area (Å²) in [5, 5.41) is 8.52. The van der Waals surface area contributed by atoms with Crippen molar-refractivity contribution in [3.63, 3.8) is 0 Å². The van der Waals surface area contributed by atoms with Gasteiger partial charge in [-0.25, -0.2) is 0 Å². The lowest BCUT2D eigenvalue weighted by atomic mass is 10.1. The van der Waals surface area contributed by atoms with Gasteiger partial charge in [-0.3, -0.25) is 4.79 Å². The first-order valence-electron chi connectivity index (χ1n) is 4.70. The molecule has 0 amide bonds. The highest BCUT2D eigenvalue weighted by atomic mass is 19.3. The Morgan fingerprint density at radius 3 is 2.22 bits per heavy atom. The summed E-state index contributed by atoms with van der Waals surface area (Å²) in [6, 6.07) is 3.05. The number of carboxylic acid groups (broad SMARTS) is 1. The van der Waals surface area contributed by atoms with Crippen LogP contribution in [0.4, 0.5) is 17.6 Å². The quantitative estimate of drug-likeness (QED) is 0.834. The molecule has 0 saturated carbocycles. The van der Waals surface area contributed by atoms with E-state index in [1.54, 1.807) is 0 Å². The Bertz CT molecular complexity index is 501. The smallest absolute Gasteiger partial charge is 0.481 e. The van der Waals surface area contributed by atoms with E-state index in [1.807, 2.05) is 0 Å². The van der Waals surface area contributed by atoms with Crippen LogP contribution in [0, 0.1) is 0 Å². The van der Waals surface area contributed by atoms with Crippen molar-refractivity contribution in [2.24, 2.45) is 0 Å². The molecule has 18 heavy (non-hydrogen) atoms. The summed E-state index contributed by atoms with van der Waals surface area (Å²) in [4.78, 5) is 10.4. The van der Waals surface area contributed by atoms with E-state index in [0.717, 1.165) is 12.1 Å². The maximum atomic E-state index is 12.8. The van der Waals surface area contributed by atoms with Crippen LogP contribution in [0.15, 0.2) is 18.2 Å². The van der Waals surface area contributed by atoms with Gasteiger partial charge in [-0.05, 0) is 17.7 Å². The van der Waals surface area contributed by atoms with Crippen LogP contribution in [0.25, 0.3) is 0 Å². The van der Waals surface area contributed by atoms with E-state index in [-0.39, 0.29) is 5.56 Å². The summed E-state index contributed by atoms with van der Waals surface area (Å²) >= 11 is 0. The van der Waals surface area contributed by atoms with E-state index < -0.39 is 36.1 Å². The van der Waals surface area contributed by atoms with E-state index in [0.29, 0.717) is 0 Å². The normalized spacial score (nSPS) is 19.3. The van der Waals surface area contributed by atoms with Crippen molar-refractivity contribution in [3.05, 3.63) is 23.8 Å². The van der Waals surface area contributed by atoms with Crippen LogP contribution in [-0.4, -0.2) is 23.3 Å². The Labute approximate surface area is 97.7 Å². The molecule has 0 unspecified atom stereocenters. The highest BCUT2D eigenvalue weighted by Crippen LogP contribution is 2.46. The molecule has 0 spiro atoms. The molecule has 0 aliphatic carbocycles. The van der Waals surface area contributed by atoms with Crippen molar-refractivity contribution in [2.45, 2.75) is 18.6 Å². The number of hydrogen-bond donors (Lipinski definition) is 1. The van der Waals surface area contributed by atoms with E-state index >= 15 is 0 Å². The number of hydrogen-bond acceptors (Lipinski definition) is 3. The third-order valence-electron chi connectivity index (χ3n) is 2.18. The highest BCUT2D eigenvalue weighted by Gasteiger charge is 2.65. The lowest BCUT2D eigenvalue weighted by Crippen LogP contribution is -2.52. The van der Waals surface area contributed by atoms with Gasteiger partial charge in [0.2, 0.25) is 0 Å². The van der Waals surface area contributed by atoms with Crippen LogP contribution in [-0.2, 0) is 11.2 Å². The average Bonchev–Trinajstić information content (AvgIpc) is 2.18. The van der Waals surface area contributed by atoms with Crippen molar-refractivity contribution < 1.29 is 36.9 Å². The Hall–Kier alpha value is -1.99. The zero-order valence-electron chi connectivity index (χ0n) is 8.62. The molecular weight excluding hydrogens is 260 g/mol. The maximum Gasteiger partial charge on any atom is 0.507 e. The van der Waals surface area contributed by atoms with Gasteiger partial charge in [0.15, 0.2) is 11.5 Å². The molecule has 0 bridgehead atoms. The minimum Gasteiger partial charge on any atom is -0.481 e. The third-order valence-corrected chi connectivity index (χ3v) is 2.18. The van der Waals surface area contributed by atoms with Crippen LogP contribution in [0.5, 0.6) is 11.5 Å². The van der Waals surface area contributed by atoms with Gasteiger partial charge >= 0.3 is 18.2 Å². The second kappa shape index (κ2) is 3.76. The monoisotopic (exact) mass is 266 g/mol. The number of rotatable bonds is 2. The minimum absolute atomic E-state index is 0.130. The summed E-state index contributed by atoms with van der Waals surface area (Å²) in [7, 11) is 0. The third kappa shape index (κ3) is 2.05. The maximum absolute atomic E-state index is 12.8. The van der Waals surface area contributed by atoms with Crippen LogP contribution in [0.2, 0.25) is 0 Å². The van der Waals surface area contributed by atoms with E-state index in [9.17, 15) is 22.4 Å². The number of halogens is 4. The zero-order valence-corrected chi connectivity index (χ0v) is 8.62. The molecule has 98 valence electrons. The fourth-order valence-electron chi connectivity index (χ4n) is 1.40. The molecule has 1 aromatic rings. The molecule has 0 radical (unpaired) electrons. The number of carboxylic acids is 1. The predicted molar refractivity (Wildman–Crippen MR) is 48.9 cm³/mol. The van der Waals surface area contributed by atoms with E-state index in [1.165, 1.54) is 6.07 Å². The van der Waals surface area contributed by atoms with E-state index in [2.05, 4.69) is 9.47 Å². The summed E-state index contributed by atoms with van der Waals surface area (Å²) < 4.78 is 58.9. The molecule has 0 aromatic heterocycles. The van der Waals surface area contributed by atoms with Crippen LogP contribution < -0.4 is 9.47 Å². The minimum atomic E-state index is -4.80. The van der Waals surface area contributed by atoms with E-state index in [4.69, 9.17) is 5.11 Å². The van der Waals surface area contributed by atoms with Gasteiger partial charge in [-0.15, -0.1) is 0 Å². The SMILES string of the molecule is O=C(O)Cc1ccc2c(c1)OC(F)(F)C(F)(F)O2. The Balaban J connectivity index is 2.36. The molecule has 1 heterocycles. The Kier molecular flexibility index (Phi) is 2.60. The number of ether oxygens (including phenoxy) is 2. The van der Waals surface area contributed by atoms with Gasteiger partial charge in [0.25, 0.3) is 0 Å². The van der Waals surface area contributed by atoms with Gasteiger partial charge in [0, 0.05) is 0 Å². The highest BCUT2D eigenvalue weighted by molar-refractivity contribution is 5.70. The molecule has 2 rings (SSSR count). The van der Waals surface area contributed by atoms with Crippen molar-refractivity contribution in [3.8, 4) is 11.5 Å². The predicted octanol–water partition coefficient (Wildman–Crippen LogP) is 2.27. The van der Waals surface area contributed by atoms with Crippen molar-refractivity contribution in [2.75, 3.05) is 0 Å². The Morgan fingerprint density at radius 2 is 1.67 bits per heavy atom. The van der Waals surface area contributed by atoms with Gasteiger partial charge in [0.05, 0.1) is 6.42 Å². The number of alkyl halides is 4. The summed E-state index contributed by atoms with van der Waals surface area (Å²) in [5.74, 6) is -2.38. The zero-order chi connectivity index (χ0) is 13.6. The van der Waals surface area contributed by atoms with Gasteiger partial charge in [-0.2, -0.15) is 17.6 Å². The first-order valence-corrected chi connectivity index (χ1v) is 4.70. The first kappa shape index (κ1) is 12.5. The topological polar surface area (TPSA) is 55.8 Å². The molecule has 1 aliphatic heterocycles. The fourth-order valence-corrected chi connectivity index (χ4v) is 1.40. The van der Waals surface area contributed by atoms with Crippen LogP contribution >= 0.6 is 0 Å². The number of carbonyl (C=O) groups is 1. The fraction of sp³-hybridized carbons (Fsp3) is 0.300. The van der Waals surface area contributed by atoms with Crippen LogP contribution in [0.1, 0.15) is 5.56 Å². The first-order chi connectivity index (χ1) is 8.21. The average molecular weight is 266 g/mol. The van der Waals surface area contributed by atoms with Crippen molar-refractivity contribution >= 4 is 5.97 Å². The van der Waals surface area contributed by atoms with Gasteiger partial charge in [-0.1, -0.05) is 6.07 Å². The number of benzene rings is 1. The van der Waals surface area contributed by atoms with Crippen molar-refractivity contribution in [1.82, 2.24) is 0 Å².